The lowest BCUT2D eigenvalue weighted by Gasteiger charge is -2.07. The number of ketones is 1. The highest BCUT2D eigenvalue weighted by molar-refractivity contribution is 9.10. The summed E-state index contributed by atoms with van der Waals surface area (Å²) in [5.41, 5.74) is -0.640. The van der Waals surface area contributed by atoms with E-state index in [1.54, 1.807) is 0 Å². The molecule has 0 amide bonds. The average molecular weight is 373 g/mol. The Morgan fingerprint density at radius 2 is 1.55 bits per heavy atom. The van der Waals surface area contributed by atoms with Crippen LogP contribution < -0.4 is 0 Å². The lowest BCUT2D eigenvalue weighted by atomic mass is 10.1. The summed E-state index contributed by atoms with van der Waals surface area (Å²) in [6.45, 7) is -0.790. The van der Waals surface area contributed by atoms with Gasteiger partial charge < -0.3 is 4.74 Å². The van der Waals surface area contributed by atoms with Crippen LogP contribution in [0, 0.1) is 17.5 Å². The van der Waals surface area contributed by atoms with Gasteiger partial charge in [0.15, 0.2) is 6.61 Å². The third-order valence-electron chi connectivity index (χ3n) is 2.71. The third kappa shape index (κ3) is 3.73. The van der Waals surface area contributed by atoms with Crippen molar-refractivity contribution in [1.29, 1.82) is 0 Å². The van der Waals surface area contributed by atoms with E-state index in [1.165, 1.54) is 6.07 Å². The van der Waals surface area contributed by atoms with E-state index in [9.17, 15) is 22.8 Å². The monoisotopic (exact) mass is 372 g/mol. The quantitative estimate of drug-likeness (QED) is 0.603. The summed E-state index contributed by atoms with van der Waals surface area (Å²) in [5, 5.41) is 0. The molecule has 7 heteroatoms. The summed E-state index contributed by atoms with van der Waals surface area (Å²) in [5.74, 6) is -4.23. The Morgan fingerprint density at radius 3 is 2.23 bits per heavy atom. The minimum atomic E-state index is -0.962. The van der Waals surface area contributed by atoms with Crippen LogP contribution in [0.4, 0.5) is 13.2 Å². The minimum absolute atomic E-state index is 0.118. The molecule has 0 spiro atoms. The van der Waals surface area contributed by atoms with E-state index in [4.69, 9.17) is 4.74 Å². The van der Waals surface area contributed by atoms with E-state index in [2.05, 4.69) is 15.9 Å². The second kappa shape index (κ2) is 6.74. The van der Waals surface area contributed by atoms with Crippen LogP contribution in [-0.2, 0) is 4.74 Å². The summed E-state index contributed by atoms with van der Waals surface area (Å²) in [6.07, 6.45) is 0. The van der Waals surface area contributed by atoms with Crippen LogP contribution in [0.15, 0.2) is 40.9 Å². The summed E-state index contributed by atoms with van der Waals surface area (Å²) in [7, 11) is 0. The number of esters is 1. The van der Waals surface area contributed by atoms with Crippen molar-refractivity contribution in [2.75, 3.05) is 6.61 Å². The van der Waals surface area contributed by atoms with Gasteiger partial charge in [0.25, 0.3) is 0 Å². The molecule has 0 saturated carbocycles. The van der Waals surface area contributed by atoms with Gasteiger partial charge in [0.05, 0.1) is 11.1 Å². The molecule has 0 radical (unpaired) electrons. The molecule has 22 heavy (non-hydrogen) atoms. The lowest BCUT2D eigenvalue weighted by molar-refractivity contribution is 0.0472. The number of hydrogen-bond donors (Lipinski definition) is 0. The van der Waals surface area contributed by atoms with Gasteiger partial charge in [0.2, 0.25) is 5.78 Å². The second-order valence-corrected chi connectivity index (χ2v) is 5.10. The third-order valence-corrected chi connectivity index (χ3v) is 3.40. The van der Waals surface area contributed by atoms with Crippen LogP contribution >= 0.6 is 15.9 Å². The zero-order valence-electron chi connectivity index (χ0n) is 10.9. The van der Waals surface area contributed by atoms with Crippen molar-refractivity contribution in [3.05, 3.63) is 69.4 Å². The maximum atomic E-state index is 13.4. The van der Waals surface area contributed by atoms with Crippen molar-refractivity contribution in [3.8, 4) is 0 Å². The van der Waals surface area contributed by atoms with Crippen molar-refractivity contribution in [2.24, 2.45) is 0 Å². The van der Waals surface area contributed by atoms with Crippen LogP contribution in [0.5, 0.6) is 0 Å². The van der Waals surface area contributed by atoms with Gasteiger partial charge in [0.1, 0.15) is 17.5 Å². The molecule has 2 aromatic carbocycles. The maximum absolute atomic E-state index is 13.4. The molecule has 0 aliphatic rings. The van der Waals surface area contributed by atoms with E-state index < -0.39 is 41.4 Å². The fourth-order valence-electron chi connectivity index (χ4n) is 1.65. The highest BCUT2D eigenvalue weighted by atomic mass is 79.9. The number of rotatable bonds is 4. The standard InChI is InChI=1S/C15H8BrF3O3/c16-12-3-1-8(17)5-10(12)15(21)22-7-14(20)11-6-9(18)2-4-13(11)19/h1-6H,7H2. The molecule has 2 aromatic rings. The molecular weight excluding hydrogens is 365 g/mol. The van der Waals surface area contributed by atoms with Crippen molar-refractivity contribution < 1.29 is 27.5 Å². The number of Topliss-reactive ketones (excluding diaryl/α,β-unsaturated/α-hetero) is 1. The number of halogens is 4. The molecule has 0 aliphatic heterocycles. The number of carbonyl (C=O) groups is 2. The molecule has 0 atom stereocenters. The molecule has 2 rings (SSSR count). The molecule has 0 heterocycles. The van der Waals surface area contributed by atoms with Gasteiger partial charge in [-0.1, -0.05) is 0 Å². The Morgan fingerprint density at radius 1 is 0.955 bits per heavy atom. The molecule has 3 nitrogen and oxygen atoms in total. The average Bonchev–Trinajstić information content (AvgIpc) is 2.49. The van der Waals surface area contributed by atoms with Crippen LogP contribution in [0.3, 0.4) is 0 Å². The lowest BCUT2D eigenvalue weighted by Crippen LogP contribution is -2.16. The molecule has 0 saturated heterocycles. The summed E-state index contributed by atoms with van der Waals surface area (Å²) in [4.78, 5) is 23.5. The van der Waals surface area contributed by atoms with Gasteiger partial charge in [-0.15, -0.1) is 0 Å². The molecule has 0 aliphatic carbocycles. The largest absolute Gasteiger partial charge is 0.454 e. The Bertz CT molecular complexity index is 683. The number of ether oxygens (including phenoxy) is 1. The summed E-state index contributed by atoms with van der Waals surface area (Å²) in [6, 6.07) is 5.74. The SMILES string of the molecule is O=C(COC(=O)c1cc(F)ccc1Br)c1cc(F)ccc1F. The fraction of sp³-hybridized carbons (Fsp3) is 0.0667. The van der Waals surface area contributed by atoms with E-state index in [1.807, 2.05) is 0 Å². The molecule has 114 valence electrons. The van der Waals surface area contributed by atoms with Gasteiger partial charge in [-0.3, -0.25) is 4.79 Å². The number of benzene rings is 2. The van der Waals surface area contributed by atoms with Crippen LogP contribution in [0.1, 0.15) is 20.7 Å². The molecular formula is C15H8BrF3O3. The predicted octanol–water partition coefficient (Wildman–Crippen LogP) is 3.91. The van der Waals surface area contributed by atoms with E-state index >= 15 is 0 Å². The van der Waals surface area contributed by atoms with Gasteiger partial charge in [-0.2, -0.15) is 0 Å². The first-order valence-corrected chi connectivity index (χ1v) is 6.78. The molecule has 0 bridgehead atoms. The fourth-order valence-corrected chi connectivity index (χ4v) is 2.06. The summed E-state index contributed by atoms with van der Waals surface area (Å²) >= 11 is 3.04. The normalized spacial score (nSPS) is 10.4. The first-order chi connectivity index (χ1) is 10.4. The topological polar surface area (TPSA) is 43.4 Å². The van der Waals surface area contributed by atoms with Crippen molar-refractivity contribution >= 4 is 27.7 Å². The van der Waals surface area contributed by atoms with Gasteiger partial charge in [-0.05, 0) is 52.3 Å². The van der Waals surface area contributed by atoms with Gasteiger partial charge in [-0.25, -0.2) is 18.0 Å². The Kier molecular flexibility index (Phi) is 4.97. The molecule has 0 fully saturated rings. The highest BCUT2D eigenvalue weighted by Gasteiger charge is 2.17. The maximum Gasteiger partial charge on any atom is 0.339 e. The van der Waals surface area contributed by atoms with Crippen molar-refractivity contribution in [1.82, 2.24) is 0 Å². The van der Waals surface area contributed by atoms with Crippen LogP contribution in [0.25, 0.3) is 0 Å². The summed E-state index contributed by atoms with van der Waals surface area (Å²) < 4.78 is 44.5. The zero-order chi connectivity index (χ0) is 16.3. The molecule has 0 unspecified atom stereocenters. The Hall–Kier alpha value is -2.15. The number of hydrogen-bond acceptors (Lipinski definition) is 3. The zero-order valence-corrected chi connectivity index (χ0v) is 12.5. The predicted molar refractivity (Wildman–Crippen MR) is 75.1 cm³/mol. The Labute approximate surface area is 131 Å². The first kappa shape index (κ1) is 16.2. The van der Waals surface area contributed by atoms with Crippen LogP contribution in [-0.4, -0.2) is 18.4 Å². The highest BCUT2D eigenvalue weighted by Crippen LogP contribution is 2.19. The van der Waals surface area contributed by atoms with E-state index in [0.29, 0.717) is 6.07 Å². The van der Waals surface area contributed by atoms with Gasteiger partial charge >= 0.3 is 5.97 Å². The minimum Gasteiger partial charge on any atom is -0.454 e. The smallest absolute Gasteiger partial charge is 0.339 e. The van der Waals surface area contributed by atoms with E-state index in [-0.39, 0.29) is 10.0 Å². The van der Waals surface area contributed by atoms with Crippen molar-refractivity contribution in [3.63, 3.8) is 0 Å². The second-order valence-electron chi connectivity index (χ2n) is 4.25. The van der Waals surface area contributed by atoms with E-state index in [0.717, 1.165) is 24.3 Å². The van der Waals surface area contributed by atoms with Crippen LogP contribution in [0.2, 0.25) is 0 Å². The Balaban J connectivity index is 2.09. The van der Waals surface area contributed by atoms with Gasteiger partial charge in [0, 0.05) is 4.47 Å². The van der Waals surface area contributed by atoms with Crippen molar-refractivity contribution in [2.45, 2.75) is 0 Å². The first-order valence-electron chi connectivity index (χ1n) is 5.99. The number of carbonyl (C=O) groups excluding carboxylic acids is 2. The molecule has 0 N–H and O–H groups in total. The molecule has 0 aromatic heterocycles.